The molecular formula is C28H39N3O3S2. The SMILES string of the molecule is COC(=O)[C@@H]1[C@H]2CCC(C[C@H]1c1ccc3ccccc3c1)N2CCCN(CCS)CC(=O)NCCS. The first-order chi connectivity index (χ1) is 17.5. The molecule has 2 heterocycles. The number of thiol groups is 2. The summed E-state index contributed by atoms with van der Waals surface area (Å²) >= 11 is 8.54. The molecule has 6 nitrogen and oxygen atoms in total. The number of fused-ring (bicyclic) bond motifs is 3. The Hall–Kier alpha value is -1.74. The van der Waals surface area contributed by atoms with E-state index in [9.17, 15) is 9.59 Å². The first-order valence-corrected chi connectivity index (χ1v) is 14.3. The van der Waals surface area contributed by atoms with E-state index in [-0.39, 0.29) is 29.8 Å². The normalized spacial score (nSPS) is 23.8. The Kier molecular flexibility index (Phi) is 9.99. The van der Waals surface area contributed by atoms with Gasteiger partial charge in [0.05, 0.1) is 19.6 Å². The third kappa shape index (κ3) is 6.39. The van der Waals surface area contributed by atoms with Gasteiger partial charge in [-0.3, -0.25) is 19.4 Å². The van der Waals surface area contributed by atoms with Crippen LogP contribution in [0, 0.1) is 5.92 Å². The van der Waals surface area contributed by atoms with Crippen molar-refractivity contribution in [2.45, 2.75) is 43.7 Å². The molecule has 36 heavy (non-hydrogen) atoms. The molecule has 4 atom stereocenters. The van der Waals surface area contributed by atoms with Crippen LogP contribution < -0.4 is 5.32 Å². The average molecular weight is 530 g/mol. The summed E-state index contributed by atoms with van der Waals surface area (Å²) in [5.74, 6) is 1.31. The lowest BCUT2D eigenvalue weighted by Gasteiger charge is -2.44. The number of amides is 1. The van der Waals surface area contributed by atoms with E-state index >= 15 is 0 Å². The van der Waals surface area contributed by atoms with Gasteiger partial charge in [-0.2, -0.15) is 25.3 Å². The lowest BCUT2D eigenvalue weighted by molar-refractivity contribution is -0.150. The third-order valence-electron chi connectivity index (χ3n) is 7.85. The molecule has 2 aromatic carbocycles. The molecule has 2 bridgehead atoms. The van der Waals surface area contributed by atoms with Crippen LogP contribution in [0.3, 0.4) is 0 Å². The first kappa shape index (κ1) is 27.3. The van der Waals surface area contributed by atoms with E-state index in [0.29, 0.717) is 30.6 Å². The van der Waals surface area contributed by atoms with E-state index in [2.05, 4.69) is 82.8 Å². The molecule has 8 heteroatoms. The number of benzene rings is 2. The molecule has 0 aliphatic carbocycles. The quantitative estimate of drug-likeness (QED) is 0.290. The molecule has 1 amide bonds. The summed E-state index contributed by atoms with van der Waals surface area (Å²) in [5, 5.41) is 5.34. The van der Waals surface area contributed by atoms with Gasteiger partial charge in [0.1, 0.15) is 0 Å². The first-order valence-electron chi connectivity index (χ1n) is 13.1. The Labute approximate surface area is 225 Å². The van der Waals surface area contributed by atoms with E-state index in [0.717, 1.165) is 45.3 Å². The zero-order chi connectivity index (χ0) is 25.5. The van der Waals surface area contributed by atoms with Crippen LogP contribution in [0.2, 0.25) is 0 Å². The van der Waals surface area contributed by atoms with Gasteiger partial charge >= 0.3 is 5.97 Å². The zero-order valence-corrected chi connectivity index (χ0v) is 22.9. The highest BCUT2D eigenvalue weighted by Crippen LogP contribution is 2.47. The molecule has 0 saturated carbocycles. The molecule has 4 rings (SSSR count). The van der Waals surface area contributed by atoms with Crippen LogP contribution in [0.5, 0.6) is 0 Å². The maximum absolute atomic E-state index is 13.1. The Balaban J connectivity index is 1.43. The second-order valence-corrected chi connectivity index (χ2v) is 10.9. The molecule has 2 aliphatic rings. The van der Waals surface area contributed by atoms with Gasteiger partial charge in [-0.15, -0.1) is 0 Å². The van der Waals surface area contributed by atoms with Gasteiger partial charge in [-0.25, -0.2) is 0 Å². The topological polar surface area (TPSA) is 61.9 Å². The fourth-order valence-corrected chi connectivity index (χ4v) is 6.64. The Morgan fingerprint density at radius 3 is 2.64 bits per heavy atom. The van der Waals surface area contributed by atoms with Crippen molar-refractivity contribution in [3.8, 4) is 0 Å². The number of rotatable bonds is 12. The number of hydrogen-bond donors (Lipinski definition) is 3. The zero-order valence-electron chi connectivity index (χ0n) is 21.1. The standard InChI is InChI=1S/C28H39N3O3S2/c1-34-28(33)27-24(22-8-7-20-5-2-3-6-21(20)17-22)18-23-9-10-25(27)31(23)13-4-12-30(14-16-36)19-26(32)29-11-15-35/h2-3,5-8,17,23-25,27,35-36H,4,9-16,18-19H2,1H3,(H,29,32)/t23?,24-,25+,27-/m0/s1. The van der Waals surface area contributed by atoms with Crippen LogP contribution in [0.15, 0.2) is 42.5 Å². The predicted molar refractivity (Wildman–Crippen MR) is 152 cm³/mol. The fourth-order valence-electron chi connectivity index (χ4n) is 6.24. The molecule has 0 spiro atoms. The number of ether oxygens (including phenoxy) is 1. The van der Waals surface area contributed by atoms with Crippen molar-refractivity contribution >= 4 is 47.9 Å². The van der Waals surface area contributed by atoms with Gasteiger partial charge in [-0.1, -0.05) is 42.5 Å². The molecule has 0 aromatic heterocycles. The lowest BCUT2D eigenvalue weighted by atomic mass is 9.75. The number of piperidine rings is 1. The second-order valence-electron chi connectivity index (χ2n) is 9.96. The highest BCUT2D eigenvalue weighted by Gasteiger charge is 2.50. The molecule has 0 radical (unpaired) electrons. The van der Waals surface area contributed by atoms with Crippen molar-refractivity contribution < 1.29 is 14.3 Å². The third-order valence-corrected chi connectivity index (χ3v) is 8.27. The smallest absolute Gasteiger partial charge is 0.310 e. The van der Waals surface area contributed by atoms with Crippen LogP contribution in [0.1, 0.15) is 37.2 Å². The van der Waals surface area contributed by atoms with Crippen molar-refractivity contribution in [3.63, 3.8) is 0 Å². The summed E-state index contributed by atoms with van der Waals surface area (Å²) in [6, 6.07) is 15.7. The molecule has 1 unspecified atom stereocenters. The molecule has 2 fully saturated rings. The number of methoxy groups -OCH3 is 1. The van der Waals surface area contributed by atoms with Gasteiger partial charge in [-0.05, 0) is 55.1 Å². The van der Waals surface area contributed by atoms with Crippen LogP contribution in [0.25, 0.3) is 10.8 Å². The van der Waals surface area contributed by atoms with Crippen molar-refractivity contribution in [2.75, 3.05) is 51.3 Å². The van der Waals surface area contributed by atoms with Crippen LogP contribution in [0.4, 0.5) is 0 Å². The lowest BCUT2D eigenvalue weighted by Crippen LogP contribution is -2.51. The van der Waals surface area contributed by atoms with Crippen molar-refractivity contribution in [1.82, 2.24) is 15.1 Å². The number of nitrogens with zero attached hydrogens (tertiary/aromatic N) is 2. The van der Waals surface area contributed by atoms with Crippen LogP contribution in [-0.4, -0.2) is 85.1 Å². The number of carbonyl (C=O) groups is 2. The summed E-state index contributed by atoms with van der Waals surface area (Å²) < 4.78 is 5.35. The molecule has 2 aliphatic heterocycles. The highest BCUT2D eigenvalue weighted by molar-refractivity contribution is 7.80. The number of carbonyl (C=O) groups excluding carboxylic acids is 2. The number of nitrogens with one attached hydrogen (secondary N) is 1. The Bertz CT molecular complexity index is 1040. The van der Waals surface area contributed by atoms with Gasteiger partial charge < -0.3 is 10.1 Å². The van der Waals surface area contributed by atoms with E-state index in [1.165, 1.54) is 23.4 Å². The minimum atomic E-state index is -0.157. The van der Waals surface area contributed by atoms with Crippen LogP contribution >= 0.6 is 25.3 Å². The molecule has 196 valence electrons. The maximum Gasteiger partial charge on any atom is 0.310 e. The summed E-state index contributed by atoms with van der Waals surface area (Å²) in [5.41, 5.74) is 1.24. The maximum atomic E-state index is 13.1. The van der Waals surface area contributed by atoms with Crippen molar-refractivity contribution in [1.29, 1.82) is 0 Å². The molecule has 1 N–H and O–H groups in total. The average Bonchev–Trinajstić information content (AvgIpc) is 3.17. The van der Waals surface area contributed by atoms with E-state index in [4.69, 9.17) is 4.74 Å². The molecule has 2 saturated heterocycles. The fraction of sp³-hybridized carbons (Fsp3) is 0.571. The van der Waals surface area contributed by atoms with Crippen molar-refractivity contribution in [3.05, 3.63) is 48.0 Å². The minimum absolute atomic E-state index is 0.0351. The summed E-state index contributed by atoms with van der Waals surface area (Å²) in [6.45, 7) is 3.51. The predicted octanol–water partition coefficient (Wildman–Crippen LogP) is 3.62. The van der Waals surface area contributed by atoms with E-state index in [1.807, 2.05) is 0 Å². The van der Waals surface area contributed by atoms with Gasteiger partial charge in [0, 0.05) is 42.6 Å². The second kappa shape index (κ2) is 13.2. The van der Waals surface area contributed by atoms with Gasteiger partial charge in [0.2, 0.25) is 5.91 Å². The highest BCUT2D eigenvalue weighted by atomic mass is 32.1. The number of hydrogen-bond acceptors (Lipinski definition) is 7. The summed E-state index contributed by atoms with van der Waals surface area (Å²) in [7, 11) is 1.51. The summed E-state index contributed by atoms with van der Waals surface area (Å²) in [6.07, 6.45) is 4.08. The Morgan fingerprint density at radius 1 is 1.08 bits per heavy atom. The van der Waals surface area contributed by atoms with Gasteiger partial charge in [0.25, 0.3) is 0 Å². The van der Waals surface area contributed by atoms with Crippen molar-refractivity contribution in [2.24, 2.45) is 5.92 Å². The largest absolute Gasteiger partial charge is 0.469 e. The van der Waals surface area contributed by atoms with Crippen LogP contribution in [-0.2, 0) is 14.3 Å². The van der Waals surface area contributed by atoms with E-state index < -0.39 is 0 Å². The van der Waals surface area contributed by atoms with Gasteiger partial charge in [0.15, 0.2) is 0 Å². The summed E-state index contributed by atoms with van der Waals surface area (Å²) in [4.78, 5) is 30.0. The molecular weight excluding hydrogens is 490 g/mol. The Morgan fingerprint density at radius 2 is 1.89 bits per heavy atom. The minimum Gasteiger partial charge on any atom is -0.469 e. The monoisotopic (exact) mass is 529 g/mol. The van der Waals surface area contributed by atoms with E-state index in [1.54, 1.807) is 0 Å². The number of esters is 1. The molecule has 2 aromatic rings.